The van der Waals surface area contributed by atoms with Gasteiger partial charge in [0.15, 0.2) is 0 Å². The highest BCUT2D eigenvalue weighted by atomic mass is 32.1. The Morgan fingerprint density at radius 2 is 2.03 bits per heavy atom. The lowest BCUT2D eigenvalue weighted by Crippen LogP contribution is -2.47. The Hall–Kier alpha value is -3.58. The third-order valence-corrected chi connectivity index (χ3v) is 7.42. The molecule has 36 heavy (non-hydrogen) atoms. The molecule has 0 spiro atoms. The van der Waals surface area contributed by atoms with E-state index in [1.807, 2.05) is 24.0 Å². The van der Waals surface area contributed by atoms with Crippen molar-refractivity contribution in [3.05, 3.63) is 93.7 Å². The van der Waals surface area contributed by atoms with Gasteiger partial charge in [0.05, 0.1) is 13.2 Å². The van der Waals surface area contributed by atoms with E-state index in [9.17, 15) is 9.59 Å². The molecule has 0 bridgehead atoms. The number of ether oxygens (including phenoxy) is 2. The van der Waals surface area contributed by atoms with Crippen molar-refractivity contribution in [3.63, 3.8) is 0 Å². The molecule has 2 amide bonds. The van der Waals surface area contributed by atoms with Crippen molar-refractivity contribution in [1.29, 1.82) is 0 Å². The van der Waals surface area contributed by atoms with E-state index in [1.54, 1.807) is 48.8 Å². The van der Waals surface area contributed by atoms with E-state index in [1.165, 1.54) is 15.3 Å². The smallest absolute Gasteiger partial charge is 0.254 e. The summed E-state index contributed by atoms with van der Waals surface area (Å²) in [6.45, 7) is 9.03. The summed E-state index contributed by atoms with van der Waals surface area (Å²) >= 11 is 1.71. The minimum absolute atomic E-state index is 0.0401. The van der Waals surface area contributed by atoms with Gasteiger partial charge in [-0.3, -0.25) is 9.59 Å². The van der Waals surface area contributed by atoms with Crippen molar-refractivity contribution < 1.29 is 19.1 Å². The molecule has 0 fully saturated rings. The summed E-state index contributed by atoms with van der Waals surface area (Å²) in [4.78, 5) is 31.6. The summed E-state index contributed by atoms with van der Waals surface area (Å²) < 4.78 is 11.5. The quantitative estimate of drug-likeness (QED) is 0.376. The van der Waals surface area contributed by atoms with Crippen LogP contribution in [-0.2, 0) is 11.2 Å². The lowest BCUT2D eigenvalue weighted by Gasteiger charge is -2.37. The molecule has 0 radical (unpaired) electrons. The fraction of sp³-hybridized carbons (Fsp3) is 0.310. The molecule has 1 unspecified atom stereocenters. The van der Waals surface area contributed by atoms with Crippen LogP contribution in [0.4, 0.5) is 0 Å². The van der Waals surface area contributed by atoms with Gasteiger partial charge in [0.1, 0.15) is 24.7 Å². The van der Waals surface area contributed by atoms with Gasteiger partial charge in [-0.05, 0) is 67.1 Å². The number of rotatable bonds is 9. The normalized spacial score (nSPS) is 14.6. The predicted octanol–water partition coefficient (Wildman–Crippen LogP) is 5.21. The summed E-state index contributed by atoms with van der Waals surface area (Å²) in [6.07, 6.45) is 2.43. The van der Waals surface area contributed by atoms with Crippen LogP contribution in [0.3, 0.4) is 0 Å². The van der Waals surface area contributed by atoms with Crippen molar-refractivity contribution in [2.75, 3.05) is 33.4 Å². The zero-order chi connectivity index (χ0) is 25.7. The predicted molar refractivity (Wildman–Crippen MR) is 143 cm³/mol. The molecule has 3 aromatic rings. The van der Waals surface area contributed by atoms with Crippen LogP contribution in [0.1, 0.15) is 38.0 Å². The standard InChI is InChI=1S/C29H32N2O4S/c1-5-13-30(29(33)22-7-6-8-23(17-22)34-4)18-28(32)31-14-11-27-24(12-15-36-27)25(31)19-35-26-10-9-20(2)16-21(26)3/h5-10,12,15-17,25H,1,11,13-14,18-19H2,2-4H3. The maximum atomic E-state index is 13.6. The Kier molecular flexibility index (Phi) is 8.10. The first-order chi connectivity index (χ1) is 17.4. The molecule has 6 nitrogen and oxygen atoms in total. The largest absolute Gasteiger partial charge is 0.497 e. The summed E-state index contributed by atoms with van der Waals surface area (Å²) in [5, 5.41) is 2.07. The van der Waals surface area contributed by atoms with Gasteiger partial charge < -0.3 is 19.3 Å². The van der Waals surface area contributed by atoms with Crippen LogP contribution in [0.25, 0.3) is 0 Å². The Morgan fingerprint density at radius 3 is 2.78 bits per heavy atom. The highest BCUT2D eigenvalue weighted by Gasteiger charge is 2.33. The highest BCUT2D eigenvalue weighted by Crippen LogP contribution is 2.34. The minimum Gasteiger partial charge on any atom is -0.497 e. The van der Waals surface area contributed by atoms with Gasteiger partial charge in [-0.25, -0.2) is 0 Å². The molecule has 0 saturated heterocycles. The van der Waals surface area contributed by atoms with Gasteiger partial charge in [0.2, 0.25) is 5.91 Å². The maximum absolute atomic E-state index is 13.6. The number of thiophene rings is 1. The van der Waals surface area contributed by atoms with E-state index in [0.29, 0.717) is 24.5 Å². The molecule has 0 saturated carbocycles. The topological polar surface area (TPSA) is 59.1 Å². The first-order valence-corrected chi connectivity index (χ1v) is 12.9. The van der Waals surface area contributed by atoms with Crippen LogP contribution >= 0.6 is 11.3 Å². The van der Waals surface area contributed by atoms with Crippen LogP contribution in [0.5, 0.6) is 11.5 Å². The van der Waals surface area contributed by atoms with Crippen LogP contribution in [0.15, 0.2) is 66.6 Å². The first kappa shape index (κ1) is 25.5. The van der Waals surface area contributed by atoms with Gasteiger partial charge in [0, 0.05) is 23.5 Å². The van der Waals surface area contributed by atoms with E-state index in [4.69, 9.17) is 9.47 Å². The molecule has 4 rings (SSSR count). The molecule has 188 valence electrons. The second-order valence-corrected chi connectivity index (χ2v) is 9.94. The van der Waals surface area contributed by atoms with Crippen LogP contribution in [0, 0.1) is 13.8 Å². The van der Waals surface area contributed by atoms with Crippen molar-refractivity contribution in [2.24, 2.45) is 0 Å². The lowest BCUT2D eigenvalue weighted by molar-refractivity contribution is -0.135. The van der Waals surface area contributed by atoms with Crippen molar-refractivity contribution >= 4 is 23.2 Å². The fourth-order valence-electron chi connectivity index (χ4n) is 4.57. The Morgan fingerprint density at radius 1 is 1.19 bits per heavy atom. The zero-order valence-corrected chi connectivity index (χ0v) is 21.8. The Labute approximate surface area is 216 Å². The molecular weight excluding hydrogens is 472 g/mol. The van der Waals surface area contributed by atoms with Gasteiger partial charge in [-0.15, -0.1) is 17.9 Å². The van der Waals surface area contributed by atoms with E-state index in [0.717, 1.165) is 23.3 Å². The molecule has 1 atom stereocenters. The number of aryl methyl sites for hydroxylation is 2. The average molecular weight is 505 g/mol. The minimum atomic E-state index is -0.238. The van der Waals surface area contributed by atoms with E-state index in [2.05, 4.69) is 31.0 Å². The van der Waals surface area contributed by atoms with Crippen LogP contribution in [-0.4, -0.2) is 55.0 Å². The van der Waals surface area contributed by atoms with Crippen molar-refractivity contribution in [2.45, 2.75) is 26.3 Å². The monoisotopic (exact) mass is 504 g/mol. The second kappa shape index (κ2) is 11.4. The molecule has 2 heterocycles. The number of benzene rings is 2. The lowest BCUT2D eigenvalue weighted by atomic mass is 10.00. The van der Waals surface area contributed by atoms with Gasteiger partial charge in [0.25, 0.3) is 5.91 Å². The Balaban J connectivity index is 1.53. The third-order valence-electron chi connectivity index (χ3n) is 6.42. The number of fused-ring (bicyclic) bond motifs is 1. The number of methoxy groups -OCH3 is 1. The molecular formula is C29H32N2O4S. The SMILES string of the molecule is C=CCN(CC(=O)N1CCc2sccc2C1COc1ccc(C)cc1C)C(=O)c1cccc(OC)c1. The number of hydrogen-bond donors (Lipinski definition) is 0. The molecule has 1 aromatic heterocycles. The Bertz CT molecular complexity index is 1250. The fourth-order valence-corrected chi connectivity index (χ4v) is 5.50. The molecule has 0 N–H and O–H groups in total. The number of amides is 2. The van der Waals surface area contributed by atoms with E-state index >= 15 is 0 Å². The van der Waals surface area contributed by atoms with Gasteiger partial charge in [-0.1, -0.05) is 29.8 Å². The maximum Gasteiger partial charge on any atom is 0.254 e. The third kappa shape index (κ3) is 5.62. The second-order valence-electron chi connectivity index (χ2n) is 8.94. The number of carbonyl (C=O) groups excluding carboxylic acids is 2. The first-order valence-electron chi connectivity index (χ1n) is 12.0. The van der Waals surface area contributed by atoms with Crippen LogP contribution < -0.4 is 9.47 Å². The molecule has 2 aromatic carbocycles. The van der Waals surface area contributed by atoms with Gasteiger partial charge in [-0.2, -0.15) is 0 Å². The summed E-state index contributed by atoms with van der Waals surface area (Å²) in [7, 11) is 1.56. The number of carbonyl (C=O) groups is 2. The number of nitrogens with zero attached hydrogens (tertiary/aromatic N) is 2. The average Bonchev–Trinajstić information content (AvgIpc) is 3.36. The zero-order valence-electron chi connectivity index (χ0n) is 21.0. The van der Waals surface area contributed by atoms with Crippen molar-refractivity contribution in [1.82, 2.24) is 9.80 Å². The van der Waals surface area contributed by atoms with E-state index < -0.39 is 0 Å². The molecule has 1 aliphatic heterocycles. The highest BCUT2D eigenvalue weighted by molar-refractivity contribution is 7.10. The van der Waals surface area contributed by atoms with Crippen molar-refractivity contribution in [3.8, 4) is 11.5 Å². The number of hydrogen-bond acceptors (Lipinski definition) is 5. The van der Waals surface area contributed by atoms with Gasteiger partial charge >= 0.3 is 0 Å². The summed E-state index contributed by atoms with van der Waals surface area (Å²) in [6, 6.07) is 14.9. The summed E-state index contributed by atoms with van der Waals surface area (Å²) in [5.74, 6) is 1.06. The van der Waals surface area contributed by atoms with Crippen LogP contribution in [0.2, 0.25) is 0 Å². The molecule has 0 aliphatic carbocycles. The van der Waals surface area contributed by atoms with E-state index in [-0.39, 0.29) is 30.9 Å². The molecule has 7 heteroatoms. The molecule has 1 aliphatic rings. The summed E-state index contributed by atoms with van der Waals surface area (Å²) in [5.41, 5.74) is 3.84.